The minimum atomic E-state index is -2.52. The van der Waals surface area contributed by atoms with Gasteiger partial charge in [0.25, 0.3) is 0 Å². The predicted molar refractivity (Wildman–Crippen MR) is 380 cm³/mol. The molecule has 54 heteroatoms. The molecule has 10 rings (SSSR count). The predicted octanol–water partition coefficient (Wildman–Crippen LogP) is -20.3. The van der Waals surface area contributed by atoms with Gasteiger partial charge in [0, 0.05) is 41.9 Å². The number of hydrogen-bond acceptors (Lipinski definition) is 50. The molecule has 123 heavy (non-hydrogen) atoms. The molecule has 0 aliphatic carbocycles. The zero-order valence-electron chi connectivity index (χ0n) is 66.7. The minimum absolute atomic E-state index is 0.797. The molecule has 0 spiro atoms. The molecule has 10 heterocycles. The standard InChI is InChI=1S/C69H116N4O50/c1-17(81)70-31-41(92)52(26(11-78)108-60(31)102)117-61-32(71-18(2)82)43(94)54(28(13-80)112-61)119-69-59(123-65-47(98)35(86)21(85)14-105-65)57(40(91)30(116-69)16-106-64-48(99)44(95)36(87)22(7-74)109-64)121-68-58(45(96)37(88)23(8-75)111-68)122-62-33(72-19(3)83)42(93)53(27(12-79)113-62)118-63-34(73-20(4)84)55(120-67-49(100)46(97)51(103-5)25(10-77)114-67)39(90)29(115-63)15-107-66-50(101)56(104-6)38(89)24(9-76)110-66/h21-69,74-80,85-102H,7-16H2,1-6H3,(H,70,81)(H,71,82)(H,72,83)(H,73,84)/t21-,22-,23-,24-,25-,26-,27-,28-,29-,30-,31-,32-,33-,34-,35+,36-,37-,38+,39+,40-,41-,42-,43-,44+,45+,46-,47-,48+,49-,50-,51+,52-,53-,54-,55-,56+,57+,58+,59+,60?,61+,62+,63+,64+,65+,66-,67+,68-,69+/m1/s1. The van der Waals surface area contributed by atoms with Crippen LogP contribution in [0, 0.1) is 0 Å². The lowest BCUT2D eigenvalue weighted by Gasteiger charge is -2.52. The van der Waals surface area contributed by atoms with Gasteiger partial charge in [0.2, 0.25) is 23.6 Å². The van der Waals surface area contributed by atoms with Crippen LogP contribution in [0.15, 0.2) is 0 Å². The van der Waals surface area contributed by atoms with Gasteiger partial charge in [-0.1, -0.05) is 0 Å². The summed E-state index contributed by atoms with van der Waals surface area (Å²) in [6.45, 7) is -6.62. The van der Waals surface area contributed by atoms with Gasteiger partial charge in [-0.3, -0.25) is 19.2 Å². The molecular formula is C69H116N4O50. The first-order valence-corrected chi connectivity index (χ1v) is 39.3. The first-order valence-electron chi connectivity index (χ1n) is 39.3. The fraction of sp³-hybridized carbons (Fsp3) is 0.942. The topological polar surface area (TPSA) is 816 Å². The molecular weight excluding hydrogens is 1680 g/mol. The number of carbonyl (C=O) groups is 4. The van der Waals surface area contributed by atoms with Crippen molar-refractivity contribution in [3.05, 3.63) is 0 Å². The summed E-state index contributed by atoms with van der Waals surface area (Å²) in [6.07, 6.45) is -92.6. The molecule has 0 aromatic heterocycles. The quantitative estimate of drug-likeness (QED) is 0.0290. The highest BCUT2D eigenvalue weighted by Gasteiger charge is 2.62. The van der Waals surface area contributed by atoms with Gasteiger partial charge in [-0.15, -0.1) is 0 Å². The molecule has 10 fully saturated rings. The molecule has 10 saturated heterocycles. The Balaban J connectivity index is 1.01. The summed E-state index contributed by atoms with van der Waals surface area (Å²) >= 11 is 0. The van der Waals surface area contributed by atoms with Gasteiger partial charge in [-0.2, -0.15) is 0 Å². The Morgan fingerprint density at radius 1 is 0.260 bits per heavy atom. The third-order valence-electron chi connectivity index (χ3n) is 22.6. The Morgan fingerprint density at radius 2 is 0.577 bits per heavy atom. The van der Waals surface area contributed by atoms with E-state index in [9.17, 15) is 147 Å². The number of nitrogens with one attached hydrogen (secondary N) is 4. The fourth-order valence-electron chi connectivity index (χ4n) is 16.1. The number of aliphatic hydroxyl groups is 25. The lowest BCUT2D eigenvalue weighted by Crippen LogP contribution is -2.72. The minimum Gasteiger partial charge on any atom is -0.394 e. The zero-order chi connectivity index (χ0) is 90.3. The van der Waals surface area contributed by atoms with E-state index in [-0.39, 0.29) is 0 Å². The van der Waals surface area contributed by atoms with Gasteiger partial charge < -0.3 is 248 Å². The normalized spacial score (nSPS) is 48.8. The van der Waals surface area contributed by atoms with Crippen LogP contribution in [0.1, 0.15) is 27.7 Å². The van der Waals surface area contributed by atoms with E-state index in [1.54, 1.807) is 0 Å². The molecule has 10 aliphatic rings. The Kier molecular flexibility index (Phi) is 36.8. The molecule has 0 aromatic rings. The molecule has 1 unspecified atom stereocenters. The van der Waals surface area contributed by atoms with Crippen LogP contribution in [-0.2, 0) is 119 Å². The van der Waals surface area contributed by atoms with Crippen molar-refractivity contribution in [2.24, 2.45) is 0 Å². The monoisotopic (exact) mass is 1800 g/mol. The van der Waals surface area contributed by atoms with Gasteiger partial charge in [-0.25, -0.2) is 0 Å². The van der Waals surface area contributed by atoms with Crippen molar-refractivity contribution in [1.82, 2.24) is 21.3 Å². The summed E-state index contributed by atoms with van der Waals surface area (Å²) < 4.78 is 126. The van der Waals surface area contributed by atoms with Gasteiger partial charge >= 0.3 is 0 Å². The fourth-order valence-corrected chi connectivity index (χ4v) is 16.1. The van der Waals surface area contributed by atoms with E-state index < -0.39 is 390 Å². The average molecular weight is 1800 g/mol. The second kappa shape index (κ2) is 44.8. The number of hydrogen-bond donors (Lipinski definition) is 29. The van der Waals surface area contributed by atoms with Crippen molar-refractivity contribution in [2.45, 2.75) is 328 Å². The van der Waals surface area contributed by atoms with E-state index in [1.165, 1.54) is 0 Å². The highest BCUT2D eigenvalue weighted by Crippen LogP contribution is 2.42. The molecule has 4 amide bonds. The molecule has 29 N–H and O–H groups in total. The van der Waals surface area contributed by atoms with Crippen molar-refractivity contribution in [1.29, 1.82) is 0 Å². The summed E-state index contributed by atoms with van der Waals surface area (Å²) in [6, 6.07) is -7.69. The molecule has 0 bridgehead atoms. The van der Waals surface area contributed by atoms with E-state index in [0.717, 1.165) is 41.9 Å². The Labute approximate surface area is 698 Å². The molecule has 0 radical (unpaired) electrons. The van der Waals surface area contributed by atoms with Gasteiger partial charge in [0.15, 0.2) is 62.9 Å². The van der Waals surface area contributed by atoms with Crippen LogP contribution >= 0.6 is 0 Å². The van der Waals surface area contributed by atoms with E-state index >= 15 is 0 Å². The number of amides is 4. The van der Waals surface area contributed by atoms with E-state index in [4.69, 9.17) is 99.5 Å². The van der Waals surface area contributed by atoms with Crippen LogP contribution in [0.2, 0.25) is 0 Å². The summed E-state index contributed by atoms with van der Waals surface area (Å²) in [4.78, 5) is 52.2. The number of carbonyl (C=O) groups excluding carboxylic acids is 4. The maximum absolute atomic E-state index is 13.5. The van der Waals surface area contributed by atoms with Crippen LogP contribution in [0.5, 0.6) is 0 Å². The SMILES string of the molecule is CO[C@H]1[C@@H](O)[C@@H](CO)O[C@@H](OC[C@H]2O[C@@H](O[C@H]3[C@H](O)[C@@H](NC(C)=O)[C@H](O[C@@H]4[C@@H](O[C@H]5[C@H](O)[C@@H](CO[C@H]6O[C@H](CO)[C@@H](O)[C@H](O)[C@@H]6O)O[C@@H](O[C@H]6[C@H](O)[C@@H](NC(C)=O)[C@H](O[C@H]7[C@H](O)[C@@H](NC(C)=O)C(O)O[C@@H]7CO)O[C@@H]6CO)[C@H]5O[C@@H]5OC[C@@H](O)[C@H](O)[C@H]5O)O[C@H](CO)[C@@H](O)[C@@H]4O)O[C@@H]3CO)[C@H](NC(C)=O)[C@@H](O[C@@H]3O[C@H](CO)[C@H](OC)[C@H](O)[C@H]3O)[C@H]2O)[C@@H]1O. The number of methoxy groups -OCH3 is 2. The molecule has 0 aromatic carbocycles. The summed E-state index contributed by atoms with van der Waals surface area (Å²) in [5, 5.41) is 291. The highest BCUT2D eigenvalue weighted by molar-refractivity contribution is 5.74. The van der Waals surface area contributed by atoms with Crippen LogP contribution in [0.3, 0.4) is 0 Å². The average Bonchev–Trinajstić information content (AvgIpc) is 0.759. The first kappa shape index (κ1) is 101. The third kappa shape index (κ3) is 22.6. The van der Waals surface area contributed by atoms with Gasteiger partial charge in [0.1, 0.15) is 238 Å². The molecule has 0 saturated carbocycles. The van der Waals surface area contributed by atoms with Crippen molar-refractivity contribution in [2.75, 3.05) is 80.3 Å². The second-order valence-electron chi connectivity index (χ2n) is 31.0. The van der Waals surface area contributed by atoms with Crippen molar-refractivity contribution in [3.63, 3.8) is 0 Å². The van der Waals surface area contributed by atoms with Gasteiger partial charge in [-0.05, 0) is 0 Å². The van der Waals surface area contributed by atoms with Crippen LogP contribution in [0.25, 0.3) is 0 Å². The molecule has 54 nitrogen and oxygen atoms in total. The van der Waals surface area contributed by atoms with Crippen molar-refractivity contribution >= 4 is 23.6 Å². The Morgan fingerprint density at radius 3 is 1.07 bits per heavy atom. The van der Waals surface area contributed by atoms with Crippen LogP contribution < -0.4 is 21.3 Å². The molecule has 10 aliphatic heterocycles. The lowest BCUT2D eigenvalue weighted by atomic mass is 9.93. The first-order chi connectivity index (χ1) is 58.3. The second-order valence-corrected chi connectivity index (χ2v) is 31.0. The van der Waals surface area contributed by atoms with Crippen LogP contribution in [-0.4, -0.2) is 532 Å². The Bertz CT molecular complexity index is 3290. The highest BCUT2D eigenvalue weighted by atomic mass is 16.8. The number of rotatable bonds is 33. The lowest BCUT2D eigenvalue weighted by molar-refractivity contribution is -0.411. The maximum atomic E-state index is 13.5. The molecule has 712 valence electrons. The van der Waals surface area contributed by atoms with E-state index in [1.807, 2.05) is 0 Å². The molecule has 49 atom stereocenters. The number of aliphatic hydroxyl groups excluding tert-OH is 25. The summed E-state index contributed by atoms with van der Waals surface area (Å²) in [5.74, 6) is -3.75. The Hall–Kier alpha value is -3.96. The van der Waals surface area contributed by atoms with Crippen molar-refractivity contribution in [3.8, 4) is 0 Å². The largest absolute Gasteiger partial charge is 0.394 e. The zero-order valence-corrected chi connectivity index (χ0v) is 66.7. The van der Waals surface area contributed by atoms with E-state index in [0.29, 0.717) is 0 Å². The van der Waals surface area contributed by atoms with Gasteiger partial charge in [0.05, 0.1) is 66.1 Å². The number of ether oxygens (including phenoxy) is 21. The maximum Gasteiger partial charge on any atom is 0.217 e. The summed E-state index contributed by atoms with van der Waals surface area (Å²) in [7, 11) is 2.22. The third-order valence-corrected chi connectivity index (χ3v) is 22.6. The van der Waals surface area contributed by atoms with Crippen molar-refractivity contribution < 1.29 is 246 Å². The van der Waals surface area contributed by atoms with Crippen LogP contribution in [0.4, 0.5) is 0 Å². The van der Waals surface area contributed by atoms with E-state index in [2.05, 4.69) is 21.3 Å². The summed E-state index contributed by atoms with van der Waals surface area (Å²) in [5.41, 5.74) is 0. The smallest absolute Gasteiger partial charge is 0.217 e.